The van der Waals surface area contributed by atoms with Crippen molar-refractivity contribution in [3.8, 4) is 6.07 Å². The second-order valence-corrected chi connectivity index (χ2v) is 10.4. The molecular weight excluding hydrogens is 539 g/mol. The summed E-state index contributed by atoms with van der Waals surface area (Å²) in [4.78, 5) is 32.8. The molecule has 3 heterocycles. The lowest BCUT2D eigenvalue weighted by atomic mass is 9.93. The molecule has 7 nitrogen and oxygen atoms in total. The predicted octanol–water partition coefficient (Wildman–Crippen LogP) is 4.55. The van der Waals surface area contributed by atoms with Crippen molar-refractivity contribution < 1.29 is 13.9 Å². The number of carbonyl (C=O) groups is 1. The molecule has 0 radical (unpaired) electrons. The predicted molar refractivity (Wildman–Crippen MR) is 155 cm³/mol. The Morgan fingerprint density at radius 1 is 1.10 bits per heavy atom. The van der Waals surface area contributed by atoms with Crippen LogP contribution in [-0.2, 0) is 16.1 Å². The molecule has 0 amide bonds. The molecule has 9 heteroatoms. The van der Waals surface area contributed by atoms with Gasteiger partial charge in [0, 0.05) is 28.2 Å². The van der Waals surface area contributed by atoms with Crippen LogP contribution >= 0.6 is 11.3 Å². The van der Waals surface area contributed by atoms with Gasteiger partial charge in [0.2, 0.25) is 0 Å². The van der Waals surface area contributed by atoms with Crippen molar-refractivity contribution in [1.29, 1.82) is 5.26 Å². The van der Waals surface area contributed by atoms with E-state index < -0.39 is 17.8 Å². The van der Waals surface area contributed by atoms with E-state index in [2.05, 4.69) is 6.07 Å². The lowest BCUT2D eigenvalue weighted by Gasteiger charge is -2.25. The van der Waals surface area contributed by atoms with Crippen LogP contribution in [0.25, 0.3) is 22.7 Å². The zero-order valence-corrected chi connectivity index (χ0v) is 22.8. The number of fused-ring (bicyclic) bond motifs is 2. The average molecular weight is 563 g/mol. The highest BCUT2D eigenvalue weighted by Crippen LogP contribution is 2.35. The normalized spacial score (nSPS) is 15.0. The summed E-state index contributed by atoms with van der Waals surface area (Å²) in [5, 5.41) is 10.2. The van der Waals surface area contributed by atoms with Gasteiger partial charge in [-0.05, 0) is 36.8 Å². The molecule has 1 aliphatic rings. The molecule has 0 aliphatic carbocycles. The molecule has 5 aromatic rings. The number of para-hydroxylation sites is 1. The van der Waals surface area contributed by atoms with E-state index in [-0.39, 0.29) is 24.3 Å². The number of thiazole rings is 1. The molecule has 0 saturated carbocycles. The number of ether oxygens (including phenoxy) is 1. The van der Waals surface area contributed by atoms with Crippen LogP contribution in [0.3, 0.4) is 0 Å². The van der Waals surface area contributed by atoms with Crippen LogP contribution in [0.15, 0.2) is 100 Å². The quantitative estimate of drug-likeness (QED) is 0.284. The molecule has 3 aromatic carbocycles. The van der Waals surface area contributed by atoms with Crippen molar-refractivity contribution in [3.05, 3.63) is 133 Å². The van der Waals surface area contributed by atoms with Crippen molar-refractivity contribution in [3.63, 3.8) is 0 Å². The minimum atomic E-state index is -0.886. The fraction of sp³-hybridized carbons (Fsp3) is 0.125. The van der Waals surface area contributed by atoms with Gasteiger partial charge in [0.05, 0.1) is 34.5 Å². The minimum absolute atomic E-state index is 0.137. The number of esters is 1. The van der Waals surface area contributed by atoms with Crippen molar-refractivity contribution in [2.45, 2.75) is 19.5 Å². The van der Waals surface area contributed by atoms with Crippen LogP contribution in [0.5, 0.6) is 0 Å². The molecule has 0 unspecified atom stereocenters. The molecule has 1 aliphatic heterocycles. The number of benzene rings is 3. The summed E-state index contributed by atoms with van der Waals surface area (Å²) in [5.74, 6) is -1.03. The molecule has 41 heavy (non-hydrogen) atoms. The van der Waals surface area contributed by atoms with Gasteiger partial charge in [-0.3, -0.25) is 9.36 Å². The molecule has 1 atom stereocenters. The van der Waals surface area contributed by atoms with Gasteiger partial charge in [-0.2, -0.15) is 5.26 Å². The van der Waals surface area contributed by atoms with Gasteiger partial charge >= 0.3 is 5.97 Å². The third-order valence-electron chi connectivity index (χ3n) is 6.91. The molecule has 2 aromatic heterocycles. The minimum Gasteiger partial charge on any atom is -0.463 e. The molecule has 0 spiro atoms. The van der Waals surface area contributed by atoms with E-state index in [1.807, 2.05) is 65.4 Å². The summed E-state index contributed by atoms with van der Waals surface area (Å²) in [6.07, 6.45) is 3.64. The fourth-order valence-corrected chi connectivity index (χ4v) is 6.13. The standard InChI is InChI=1S/C32H23FN4O3S/c1-2-40-31(39)27-28(20-8-4-3-5-9-20)35-32-37(29(27)21-12-14-23(33)15-13-21)30(38)26(41-32)18-22-19-36(17-16-34)25-11-7-6-10-24(22)25/h3-15,18-19,29H,2,17H2,1H3/b26-18-/t29-/m1/s1. The maximum atomic E-state index is 14.1. The fourth-order valence-electron chi connectivity index (χ4n) is 5.14. The largest absolute Gasteiger partial charge is 0.463 e. The summed E-state index contributed by atoms with van der Waals surface area (Å²) in [6, 6.07) is 24.0. The smallest absolute Gasteiger partial charge is 0.338 e. The Bertz CT molecular complexity index is 2050. The van der Waals surface area contributed by atoms with E-state index in [0.717, 1.165) is 16.5 Å². The number of nitrogens with zero attached hydrogens (tertiary/aromatic N) is 4. The monoisotopic (exact) mass is 562 g/mol. The Balaban J connectivity index is 1.65. The summed E-state index contributed by atoms with van der Waals surface area (Å²) in [5.41, 5.74) is 3.18. The van der Waals surface area contributed by atoms with Crippen molar-refractivity contribution in [1.82, 2.24) is 9.13 Å². The van der Waals surface area contributed by atoms with Crippen LogP contribution in [0, 0.1) is 17.1 Å². The Hall–Kier alpha value is -5.07. The Morgan fingerprint density at radius 2 is 1.83 bits per heavy atom. The van der Waals surface area contributed by atoms with E-state index in [1.165, 1.54) is 28.0 Å². The topological polar surface area (TPSA) is 89.4 Å². The maximum absolute atomic E-state index is 14.1. The van der Waals surface area contributed by atoms with E-state index in [4.69, 9.17) is 9.73 Å². The Morgan fingerprint density at radius 3 is 2.56 bits per heavy atom. The van der Waals surface area contributed by atoms with E-state index in [1.54, 1.807) is 25.1 Å². The van der Waals surface area contributed by atoms with Crippen molar-refractivity contribution in [2.75, 3.05) is 6.61 Å². The van der Waals surface area contributed by atoms with E-state index in [9.17, 15) is 19.2 Å². The second kappa shape index (κ2) is 10.8. The van der Waals surface area contributed by atoms with Crippen LogP contribution in [-0.4, -0.2) is 21.7 Å². The molecule has 6 rings (SSSR count). The first kappa shape index (κ1) is 26.2. The number of carbonyl (C=O) groups excluding carboxylic acids is 1. The average Bonchev–Trinajstić information content (AvgIpc) is 3.50. The Kier molecular flexibility index (Phi) is 6.91. The summed E-state index contributed by atoms with van der Waals surface area (Å²) < 4.78 is 23.2. The first-order valence-electron chi connectivity index (χ1n) is 13.0. The summed E-state index contributed by atoms with van der Waals surface area (Å²) >= 11 is 1.21. The van der Waals surface area contributed by atoms with Gasteiger partial charge in [-0.15, -0.1) is 0 Å². The SMILES string of the molecule is CCOC(=O)C1=C(c2ccccc2)N=c2s/c(=C\c3cn(CC#N)c4ccccc34)c(=O)n2[C@@H]1c1ccc(F)cc1. The number of hydrogen-bond donors (Lipinski definition) is 0. The number of aromatic nitrogens is 2. The Labute approximate surface area is 238 Å². The first-order chi connectivity index (χ1) is 20.0. The van der Waals surface area contributed by atoms with Gasteiger partial charge in [0.1, 0.15) is 12.4 Å². The van der Waals surface area contributed by atoms with Crippen LogP contribution < -0.4 is 14.9 Å². The van der Waals surface area contributed by atoms with E-state index >= 15 is 0 Å². The second-order valence-electron chi connectivity index (χ2n) is 9.37. The summed E-state index contributed by atoms with van der Waals surface area (Å²) in [6.45, 7) is 2.02. The molecular formula is C32H23FN4O3S. The number of hydrogen-bond acceptors (Lipinski definition) is 6. The van der Waals surface area contributed by atoms with Gasteiger partial charge < -0.3 is 9.30 Å². The van der Waals surface area contributed by atoms with Gasteiger partial charge in [-0.25, -0.2) is 14.2 Å². The molecule has 0 saturated heterocycles. The van der Waals surface area contributed by atoms with Gasteiger partial charge in [-0.1, -0.05) is 72.0 Å². The molecule has 202 valence electrons. The summed E-state index contributed by atoms with van der Waals surface area (Å²) in [7, 11) is 0. The highest BCUT2D eigenvalue weighted by Gasteiger charge is 2.35. The number of halogens is 1. The third-order valence-corrected chi connectivity index (χ3v) is 7.89. The molecule has 0 fully saturated rings. The maximum Gasteiger partial charge on any atom is 0.338 e. The lowest BCUT2D eigenvalue weighted by molar-refractivity contribution is -0.138. The highest BCUT2D eigenvalue weighted by atomic mass is 32.1. The van der Waals surface area contributed by atoms with Crippen molar-refractivity contribution >= 4 is 40.0 Å². The van der Waals surface area contributed by atoms with Gasteiger partial charge in [0.15, 0.2) is 4.80 Å². The number of nitriles is 1. The third kappa shape index (κ3) is 4.68. The van der Waals surface area contributed by atoms with E-state index in [0.29, 0.717) is 26.2 Å². The van der Waals surface area contributed by atoms with Crippen molar-refractivity contribution in [2.24, 2.45) is 4.99 Å². The lowest BCUT2D eigenvalue weighted by Crippen LogP contribution is -2.40. The highest BCUT2D eigenvalue weighted by molar-refractivity contribution is 7.07. The zero-order chi connectivity index (χ0) is 28.5. The molecule has 0 bridgehead atoms. The van der Waals surface area contributed by atoms with Crippen LogP contribution in [0.4, 0.5) is 4.39 Å². The van der Waals surface area contributed by atoms with Crippen LogP contribution in [0.1, 0.15) is 29.7 Å². The van der Waals surface area contributed by atoms with Crippen LogP contribution in [0.2, 0.25) is 0 Å². The van der Waals surface area contributed by atoms with Gasteiger partial charge in [0.25, 0.3) is 5.56 Å². The first-order valence-corrected chi connectivity index (χ1v) is 13.8. The number of rotatable bonds is 6. The molecule has 0 N–H and O–H groups in total. The zero-order valence-electron chi connectivity index (χ0n) is 22.0.